The molecule has 0 heterocycles. The summed E-state index contributed by atoms with van der Waals surface area (Å²) in [5.74, 6) is 0. The molecular weight excluding hydrogens is 272 g/mol. The van der Waals surface area contributed by atoms with E-state index < -0.39 is 0 Å². The fourth-order valence-corrected chi connectivity index (χ4v) is 2.60. The Morgan fingerprint density at radius 1 is 0.882 bits per heavy atom. The van der Waals surface area contributed by atoms with Crippen molar-refractivity contribution in [1.82, 2.24) is 0 Å². The largest absolute Gasteiger partial charge is 0.0654 e. The van der Waals surface area contributed by atoms with Gasteiger partial charge in [-0.05, 0) is 30.5 Å². The molecule has 0 fully saturated rings. The zero-order valence-corrected chi connectivity index (χ0v) is 12.6. The molecule has 1 rings (SSSR count). The predicted octanol–water partition coefficient (Wildman–Crippen LogP) is 6.13. The zero-order chi connectivity index (χ0) is 12.3. The molecule has 1 aromatic rings. The van der Waals surface area contributed by atoms with Gasteiger partial charge in [0.1, 0.15) is 0 Å². The summed E-state index contributed by atoms with van der Waals surface area (Å²) in [6.07, 6.45) is 12.4. The fraction of sp³-hybridized carbons (Fsp3) is 0.625. The van der Waals surface area contributed by atoms with E-state index in [1.54, 1.807) is 0 Å². The summed E-state index contributed by atoms with van der Waals surface area (Å²) < 4.78 is 1.20. The van der Waals surface area contributed by atoms with Crippen molar-refractivity contribution in [3.05, 3.63) is 34.3 Å². The van der Waals surface area contributed by atoms with Crippen LogP contribution in [0.2, 0.25) is 0 Å². The van der Waals surface area contributed by atoms with Crippen molar-refractivity contribution in [2.45, 2.75) is 64.7 Å². The molecule has 1 aromatic carbocycles. The Morgan fingerprint density at radius 3 is 2.18 bits per heavy atom. The van der Waals surface area contributed by atoms with Crippen molar-refractivity contribution in [2.24, 2.45) is 0 Å². The van der Waals surface area contributed by atoms with Crippen molar-refractivity contribution >= 4 is 15.9 Å². The van der Waals surface area contributed by atoms with Crippen molar-refractivity contribution in [3.8, 4) is 0 Å². The van der Waals surface area contributed by atoms with Crippen molar-refractivity contribution in [3.63, 3.8) is 0 Å². The predicted molar refractivity (Wildman–Crippen MR) is 80.5 cm³/mol. The number of hydrogen-bond acceptors (Lipinski definition) is 0. The van der Waals surface area contributed by atoms with Crippen LogP contribution in [0.5, 0.6) is 0 Å². The van der Waals surface area contributed by atoms with Crippen LogP contribution in [0.15, 0.2) is 28.7 Å². The maximum Gasteiger partial charge on any atom is 0.0177 e. The summed E-state index contributed by atoms with van der Waals surface area (Å²) in [7, 11) is 0. The minimum absolute atomic E-state index is 1.20. The Labute approximate surface area is 115 Å². The summed E-state index contributed by atoms with van der Waals surface area (Å²) in [4.78, 5) is 0. The Hall–Kier alpha value is -0.300. The molecule has 0 aliphatic heterocycles. The Kier molecular flexibility index (Phi) is 8.42. The second-order valence-corrected chi connectivity index (χ2v) is 5.77. The minimum atomic E-state index is 1.20. The van der Waals surface area contributed by atoms with Crippen LogP contribution in [0.4, 0.5) is 0 Å². The van der Waals surface area contributed by atoms with Gasteiger partial charge in [-0.3, -0.25) is 0 Å². The van der Waals surface area contributed by atoms with Gasteiger partial charge in [0.05, 0.1) is 0 Å². The molecule has 0 nitrogen and oxygen atoms in total. The lowest BCUT2D eigenvalue weighted by Crippen LogP contribution is -1.86. The lowest BCUT2D eigenvalue weighted by Gasteiger charge is -2.03. The summed E-state index contributed by atoms with van der Waals surface area (Å²) in [6, 6.07) is 8.69. The van der Waals surface area contributed by atoms with Crippen LogP contribution in [0, 0.1) is 0 Å². The smallest absolute Gasteiger partial charge is 0.0177 e. The van der Waals surface area contributed by atoms with E-state index in [2.05, 4.69) is 47.1 Å². The van der Waals surface area contributed by atoms with E-state index in [0.29, 0.717) is 0 Å². The third-order valence-electron chi connectivity index (χ3n) is 3.21. The average Bonchev–Trinajstić information content (AvgIpc) is 2.33. The monoisotopic (exact) mass is 296 g/mol. The van der Waals surface area contributed by atoms with Gasteiger partial charge in [-0.25, -0.2) is 0 Å². The first-order valence-corrected chi connectivity index (χ1v) is 7.86. The molecule has 0 radical (unpaired) electrons. The normalized spacial score (nSPS) is 10.7. The zero-order valence-electron chi connectivity index (χ0n) is 11.1. The minimum Gasteiger partial charge on any atom is -0.0654 e. The van der Waals surface area contributed by atoms with Gasteiger partial charge in [0.2, 0.25) is 0 Å². The lowest BCUT2D eigenvalue weighted by molar-refractivity contribution is 0.575. The van der Waals surface area contributed by atoms with Crippen LogP contribution < -0.4 is 0 Å². The Balaban J connectivity index is 1.97. The van der Waals surface area contributed by atoms with E-state index in [9.17, 15) is 0 Å². The molecular formula is C16H25Br. The highest BCUT2D eigenvalue weighted by atomic mass is 79.9. The topological polar surface area (TPSA) is 0 Å². The van der Waals surface area contributed by atoms with Crippen molar-refractivity contribution < 1.29 is 0 Å². The summed E-state index contributed by atoms with van der Waals surface area (Å²) >= 11 is 3.52. The third-order valence-corrected chi connectivity index (χ3v) is 3.70. The van der Waals surface area contributed by atoms with E-state index in [1.165, 1.54) is 67.8 Å². The van der Waals surface area contributed by atoms with E-state index in [4.69, 9.17) is 0 Å². The molecule has 0 aliphatic carbocycles. The van der Waals surface area contributed by atoms with Gasteiger partial charge in [-0.2, -0.15) is 0 Å². The molecule has 96 valence electrons. The highest BCUT2D eigenvalue weighted by molar-refractivity contribution is 9.10. The summed E-state index contributed by atoms with van der Waals surface area (Å²) in [5.41, 5.74) is 1.46. The molecule has 0 spiro atoms. The number of rotatable bonds is 9. The Bertz CT molecular complexity index is 293. The number of hydrogen-bond donors (Lipinski definition) is 0. The van der Waals surface area contributed by atoms with E-state index in [-0.39, 0.29) is 0 Å². The van der Waals surface area contributed by atoms with Crippen LogP contribution in [0.1, 0.15) is 63.9 Å². The van der Waals surface area contributed by atoms with Crippen LogP contribution in [-0.4, -0.2) is 0 Å². The van der Waals surface area contributed by atoms with E-state index in [0.717, 1.165) is 0 Å². The van der Waals surface area contributed by atoms with Crippen LogP contribution in [-0.2, 0) is 6.42 Å². The SMILES string of the molecule is CCCCCCCCCCc1cccc(Br)c1. The van der Waals surface area contributed by atoms with Gasteiger partial charge < -0.3 is 0 Å². The average molecular weight is 297 g/mol. The molecule has 0 saturated heterocycles. The number of halogens is 1. The summed E-state index contributed by atoms with van der Waals surface area (Å²) in [5, 5.41) is 0. The van der Waals surface area contributed by atoms with Gasteiger partial charge in [0.25, 0.3) is 0 Å². The summed E-state index contributed by atoms with van der Waals surface area (Å²) in [6.45, 7) is 2.28. The van der Waals surface area contributed by atoms with E-state index >= 15 is 0 Å². The van der Waals surface area contributed by atoms with Gasteiger partial charge in [-0.15, -0.1) is 0 Å². The molecule has 0 aromatic heterocycles. The second kappa shape index (κ2) is 9.70. The third kappa shape index (κ3) is 7.59. The van der Waals surface area contributed by atoms with Crippen LogP contribution >= 0.6 is 15.9 Å². The number of aryl methyl sites for hydroxylation is 1. The molecule has 17 heavy (non-hydrogen) atoms. The van der Waals surface area contributed by atoms with Gasteiger partial charge >= 0.3 is 0 Å². The first-order chi connectivity index (χ1) is 8.33. The first kappa shape index (κ1) is 14.8. The second-order valence-electron chi connectivity index (χ2n) is 4.85. The molecule has 0 atom stereocenters. The maximum atomic E-state index is 3.52. The maximum absolute atomic E-state index is 3.52. The standard InChI is InChI=1S/C16H25Br/c1-2-3-4-5-6-7-8-9-11-15-12-10-13-16(17)14-15/h10,12-14H,2-9,11H2,1H3. The van der Waals surface area contributed by atoms with E-state index in [1.807, 2.05) is 0 Å². The van der Waals surface area contributed by atoms with Gasteiger partial charge in [0.15, 0.2) is 0 Å². The molecule has 0 unspecified atom stereocenters. The van der Waals surface area contributed by atoms with Crippen LogP contribution in [0.3, 0.4) is 0 Å². The molecule has 0 saturated carbocycles. The van der Waals surface area contributed by atoms with Crippen LogP contribution in [0.25, 0.3) is 0 Å². The van der Waals surface area contributed by atoms with Crippen molar-refractivity contribution in [1.29, 1.82) is 0 Å². The molecule has 0 bridgehead atoms. The number of unbranched alkanes of at least 4 members (excludes halogenated alkanes) is 7. The fourth-order valence-electron chi connectivity index (χ4n) is 2.16. The highest BCUT2D eigenvalue weighted by Gasteiger charge is 1.95. The number of benzene rings is 1. The Morgan fingerprint density at radius 2 is 1.53 bits per heavy atom. The molecule has 0 aliphatic rings. The molecule has 0 N–H and O–H groups in total. The van der Waals surface area contributed by atoms with Gasteiger partial charge in [-0.1, -0.05) is 79.9 Å². The first-order valence-electron chi connectivity index (χ1n) is 7.07. The molecule has 0 amide bonds. The highest BCUT2D eigenvalue weighted by Crippen LogP contribution is 2.15. The molecule has 1 heteroatoms. The van der Waals surface area contributed by atoms with Crippen molar-refractivity contribution in [2.75, 3.05) is 0 Å². The quantitative estimate of drug-likeness (QED) is 0.481. The lowest BCUT2D eigenvalue weighted by atomic mass is 10.0. The van der Waals surface area contributed by atoms with Gasteiger partial charge in [0, 0.05) is 4.47 Å².